The molecule has 1 aliphatic heterocycles. The molecule has 0 bridgehead atoms. The molecule has 0 unspecified atom stereocenters. The lowest BCUT2D eigenvalue weighted by atomic mass is 9.96. The number of morpholine rings is 1. The van der Waals surface area contributed by atoms with Gasteiger partial charge in [0.2, 0.25) is 0 Å². The van der Waals surface area contributed by atoms with Crippen LogP contribution in [-0.2, 0) is 10.3 Å². The minimum absolute atomic E-state index is 0.218. The fourth-order valence-corrected chi connectivity index (χ4v) is 3.25. The summed E-state index contributed by atoms with van der Waals surface area (Å²) in [6.07, 6.45) is 3.48. The number of nitrogens with zero attached hydrogens (tertiary/aromatic N) is 5. The monoisotopic (exact) mass is 342 g/mol. The van der Waals surface area contributed by atoms with Crippen LogP contribution in [0.1, 0.15) is 26.3 Å². The molecule has 8 nitrogen and oxygen atoms in total. The average Bonchev–Trinajstić information content (AvgIpc) is 3.22. The molecule has 0 aromatic carbocycles. The third-order valence-corrected chi connectivity index (χ3v) is 4.55. The van der Waals surface area contributed by atoms with E-state index in [0.717, 1.165) is 23.3 Å². The van der Waals surface area contributed by atoms with Gasteiger partial charge in [-0.05, 0) is 32.4 Å². The van der Waals surface area contributed by atoms with E-state index in [1.807, 2.05) is 12.1 Å². The fourth-order valence-electron chi connectivity index (χ4n) is 3.25. The molecule has 1 saturated heterocycles. The second kappa shape index (κ2) is 5.82. The predicted molar refractivity (Wildman–Crippen MR) is 93.9 cm³/mol. The average molecular weight is 342 g/mol. The Balaban J connectivity index is 1.93. The molecule has 1 fully saturated rings. The first-order valence-corrected chi connectivity index (χ1v) is 8.41. The number of aromatic nitrogens is 5. The van der Waals surface area contributed by atoms with Gasteiger partial charge in [-0.25, -0.2) is 4.98 Å². The number of pyridine rings is 1. The van der Waals surface area contributed by atoms with Crippen LogP contribution < -0.4 is 4.90 Å². The molecule has 0 aliphatic carbocycles. The number of rotatable bonds is 3. The minimum Gasteiger partial charge on any atom is -0.386 e. The lowest BCUT2D eigenvalue weighted by Gasteiger charge is -2.35. The van der Waals surface area contributed by atoms with Crippen molar-refractivity contribution in [3.05, 3.63) is 30.1 Å². The molecular formula is C17H22N6O2. The summed E-state index contributed by atoms with van der Waals surface area (Å²) in [7, 11) is 0. The van der Waals surface area contributed by atoms with E-state index in [0.29, 0.717) is 24.7 Å². The highest BCUT2D eigenvalue weighted by Crippen LogP contribution is 2.32. The highest BCUT2D eigenvalue weighted by Gasteiger charge is 2.27. The Morgan fingerprint density at radius 2 is 2.20 bits per heavy atom. The molecule has 132 valence electrons. The van der Waals surface area contributed by atoms with Crippen molar-refractivity contribution in [2.75, 3.05) is 24.7 Å². The predicted octanol–water partition coefficient (Wildman–Crippen LogP) is 1.60. The summed E-state index contributed by atoms with van der Waals surface area (Å²) >= 11 is 0. The van der Waals surface area contributed by atoms with Crippen LogP contribution >= 0.6 is 0 Å². The first-order chi connectivity index (χ1) is 11.9. The highest BCUT2D eigenvalue weighted by molar-refractivity contribution is 5.83. The number of hydrogen-bond donors (Lipinski definition) is 2. The molecule has 0 radical (unpaired) electrons. The minimum atomic E-state index is -1.01. The topological polar surface area (TPSA) is 92.1 Å². The molecular weight excluding hydrogens is 320 g/mol. The fraction of sp³-hybridized carbons (Fsp3) is 0.471. The Hall–Kier alpha value is -2.45. The van der Waals surface area contributed by atoms with E-state index < -0.39 is 5.60 Å². The first kappa shape index (κ1) is 16.0. The van der Waals surface area contributed by atoms with Gasteiger partial charge in [0.1, 0.15) is 5.82 Å². The van der Waals surface area contributed by atoms with Gasteiger partial charge < -0.3 is 14.7 Å². The van der Waals surface area contributed by atoms with Gasteiger partial charge >= 0.3 is 0 Å². The zero-order valence-corrected chi connectivity index (χ0v) is 14.6. The van der Waals surface area contributed by atoms with Crippen molar-refractivity contribution in [3.8, 4) is 5.82 Å². The quantitative estimate of drug-likeness (QED) is 0.751. The second-order valence-electron chi connectivity index (χ2n) is 6.93. The second-order valence-corrected chi connectivity index (χ2v) is 6.93. The molecule has 4 heterocycles. The van der Waals surface area contributed by atoms with Gasteiger partial charge in [0.15, 0.2) is 11.5 Å². The molecule has 0 spiro atoms. The van der Waals surface area contributed by atoms with E-state index in [1.54, 1.807) is 30.9 Å². The number of nitrogens with one attached hydrogen (secondary N) is 1. The summed E-state index contributed by atoms with van der Waals surface area (Å²) in [4.78, 5) is 7.05. The zero-order chi connectivity index (χ0) is 17.6. The molecule has 2 N–H and O–H groups in total. The van der Waals surface area contributed by atoms with Gasteiger partial charge in [-0.15, -0.1) is 0 Å². The van der Waals surface area contributed by atoms with Crippen LogP contribution in [0.15, 0.2) is 24.5 Å². The van der Waals surface area contributed by atoms with Gasteiger partial charge in [-0.3, -0.25) is 5.10 Å². The van der Waals surface area contributed by atoms with E-state index in [9.17, 15) is 5.11 Å². The Morgan fingerprint density at radius 1 is 1.36 bits per heavy atom. The number of ether oxygens (including phenoxy) is 1. The largest absolute Gasteiger partial charge is 0.386 e. The summed E-state index contributed by atoms with van der Waals surface area (Å²) in [6.45, 7) is 7.76. The number of aromatic amines is 1. The van der Waals surface area contributed by atoms with Crippen LogP contribution in [0.25, 0.3) is 16.9 Å². The smallest absolute Gasteiger partial charge is 0.177 e. The van der Waals surface area contributed by atoms with Crippen molar-refractivity contribution >= 4 is 16.9 Å². The van der Waals surface area contributed by atoms with Crippen LogP contribution in [0, 0.1) is 0 Å². The van der Waals surface area contributed by atoms with Crippen molar-refractivity contribution < 1.29 is 9.84 Å². The van der Waals surface area contributed by atoms with E-state index >= 15 is 0 Å². The van der Waals surface area contributed by atoms with Crippen molar-refractivity contribution in [1.29, 1.82) is 0 Å². The van der Waals surface area contributed by atoms with E-state index in [2.05, 4.69) is 27.1 Å². The normalized spacial score (nSPS) is 18.9. The van der Waals surface area contributed by atoms with E-state index in [-0.39, 0.29) is 6.04 Å². The molecule has 8 heteroatoms. The summed E-state index contributed by atoms with van der Waals surface area (Å²) in [5.74, 6) is 1.48. The molecule has 4 rings (SSSR count). The maximum Gasteiger partial charge on any atom is 0.177 e. The molecule has 3 aromatic heterocycles. The third kappa shape index (κ3) is 2.77. The summed E-state index contributed by atoms with van der Waals surface area (Å²) in [5, 5.41) is 22.9. The molecule has 3 aromatic rings. The number of fused-ring (bicyclic) bond motifs is 1. The van der Waals surface area contributed by atoms with Gasteiger partial charge in [0.05, 0.1) is 31.1 Å². The molecule has 0 saturated carbocycles. The van der Waals surface area contributed by atoms with Crippen LogP contribution in [0.4, 0.5) is 5.82 Å². The molecule has 25 heavy (non-hydrogen) atoms. The lowest BCUT2D eigenvalue weighted by Crippen LogP contribution is -2.44. The molecule has 1 atom stereocenters. The van der Waals surface area contributed by atoms with Crippen molar-refractivity contribution in [2.45, 2.75) is 32.4 Å². The number of aliphatic hydroxyl groups is 1. The maximum absolute atomic E-state index is 10.7. The number of anilines is 1. The Bertz CT molecular complexity index is 881. The Morgan fingerprint density at radius 3 is 2.88 bits per heavy atom. The SMILES string of the molecule is C[C@@H]1COCCN1c1cc(C(C)(C)O)c2cnn(-c3cc[nH]n3)c2n1. The Kier molecular flexibility index (Phi) is 3.73. The van der Waals surface area contributed by atoms with E-state index in [4.69, 9.17) is 9.72 Å². The van der Waals surface area contributed by atoms with Crippen LogP contribution in [0.2, 0.25) is 0 Å². The standard InChI is InChI=1S/C17H22N6O2/c1-11-10-25-7-6-22(11)15-8-13(17(2,3)24)12-9-19-23(16(12)20-15)14-4-5-18-21-14/h4-5,8-9,11,24H,6-7,10H2,1-3H3,(H,18,21)/t11-/m1/s1. The zero-order valence-electron chi connectivity index (χ0n) is 14.6. The van der Waals surface area contributed by atoms with Gasteiger partial charge in [0.25, 0.3) is 0 Å². The summed E-state index contributed by atoms with van der Waals surface area (Å²) < 4.78 is 7.23. The third-order valence-electron chi connectivity index (χ3n) is 4.55. The Labute approximate surface area is 145 Å². The van der Waals surface area contributed by atoms with Crippen LogP contribution in [0.5, 0.6) is 0 Å². The number of hydrogen-bond acceptors (Lipinski definition) is 6. The van der Waals surface area contributed by atoms with Gasteiger partial charge in [-0.2, -0.15) is 14.9 Å². The van der Waals surface area contributed by atoms with Crippen LogP contribution in [-0.4, -0.2) is 55.9 Å². The lowest BCUT2D eigenvalue weighted by molar-refractivity contribution is 0.0799. The van der Waals surface area contributed by atoms with Gasteiger partial charge in [-0.1, -0.05) is 0 Å². The molecule has 0 amide bonds. The van der Waals surface area contributed by atoms with Crippen molar-refractivity contribution in [2.24, 2.45) is 0 Å². The molecule has 1 aliphatic rings. The van der Waals surface area contributed by atoms with Crippen molar-refractivity contribution in [3.63, 3.8) is 0 Å². The summed E-state index contributed by atoms with van der Waals surface area (Å²) in [5.41, 5.74) is 0.471. The van der Waals surface area contributed by atoms with Crippen molar-refractivity contribution in [1.82, 2.24) is 25.0 Å². The summed E-state index contributed by atoms with van der Waals surface area (Å²) in [6, 6.07) is 4.01. The first-order valence-electron chi connectivity index (χ1n) is 8.41. The van der Waals surface area contributed by atoms with E-state index in [1.165, 1.54) is 0 Å². The van der Waals surface area contributed by atoms with Crippen LogP contribution in [0.3, 0.4) is 0 Å². The maximum atomic E-state index is 10.7. The van der Waals surface area contributed by atoms with Gasteiger partial charge in [0, 0.05) is 24.2 Å². The highest BCUT2D eigenvalue weighted by atomic mass is 16.5. The number of H-pyrrole nitrogens is 1.